The summed E-state index contributed by atoms with van der Waals surface area (Å²) >= 11 is 0. The van der Waals surface area contributed by atoms with E-state index in [1.54, 1.807) is 12.1 Å². The van der Waals surface area contributed by atoms with Crippen molar-refractivity contribution >= 4 is 15.5 Å². The van der Waals surface area contributed by atoms with Crippen LogP contribution in [0.3, 0.4) is 0 Å². The summed E-state index contributed by atoms with van der Waals surface area (Å²) in [4.78, 5) is 2.67. The van der Waals surface area contributed by atoms with E-state index in [9.17, 15) is 12.8 Å². The second-order valence-corrected chi connectivity index (χ2v) is 9.03. The van der Waals surface area contributed by atoms with Gasteiger partial charge in [-0.05, 0) is 67.9 Å². The maximum Gasteiger partial charge on any atom is 0.206 e. The zero-order valence-corrected chi connectivity index (χ0v) is 15.6. The van der Waals surface area contributed by atoms with E-state index in [1.807, 2.05) is 6.07 Å². The lowest BCUT2D eigenvalue weighted by Gasteiger charge is -2.17. The summed E-state index contributed by atoms with van der Waals surface area (Å²) in [6.07, 6.45) is 2.07. The Balaban J connectivity index is 1.69. The Morgan fingerprint density at radius 2 is 1.88 bits per heavy atom. The Bertz CT molecular complexity index is 929. The van der Waals surface area contributed by atoms with Crippen molar-refractivity contribution in [3.8, 4) is 0 Å². The highest BCUT2D eigenvalue weighted by Gasteiger charge is 2.35. The first-order valence-electron chi connectivity index (χ1n) is 9.12. The molecule has 4 nitrogen and oxygen atoms in total. The van der Waals surface area contributed by atoms with Crippen LogP contribution in [0.15, 0.2) is 52.3 Å². The van der Waals surface area contributed by atoms with Crippen LogP contribution in [0.1, 0.15) is 31.2 Å². The highest BCUT2D eigenvalue weighted by atomic mass is 32.2. The molecular weight excluding hydrogens is 351 g/mol. The molecule has 2 aliphatic heterocycles. The molecule has 0 saturated carbocycles. The molecule has 26 heavy (non-hydrogen) atoms. The largest absolute Gasteiger partial charge is 0.381 e. The fourth-order valence-corrected chi connectivity index (χ4v) is 5.46. The van der Waals surface area contributed by atoms with Crippen LogP contribution < -0.4 is 5.32 Å². The Morgan fingerprint density at radius 3 is 2.65 bits per heavy atom. The maximum atomic E-state index is 13.5. The number of hydrogen-bond donors (Lipinski definition) is 1. The van der Waals surface area contributed by atoms with Crippen LogP contribution in [0, 0.1) is 5.82 Å². The molecular formula is C20H23FN2O2S. The van der Waals surface area contributed by atoms with E-state index in [-0.39, 0.29) is 9.79 Å². The lowest BCUT2D eigenvalue weighted by atomic mass is 9.91. The standard InChI is InChI=1S/C20H23FN2O2S/c1-2-23-10-8-17-18-13-16(6-7-19(18)22-20(17)9-11-23)26(24,25)15-5-3-4-14(21)12-15/h3-7,12-13,17,20,22H,2,8-11H2,1H3/t17-,20-/m0/s1. The highest BCUT2D eigenvalue weighted by molar-refractivity contribution is 7.91. The molecule has 1 saturated heterocycles. The van der Waals surface area contributed by atoms with Crippen molar-refractivity contribution in [3.05, 3.63) is 53.8 Å². The Morgan fingerprint density at radius 1 is 1.12 bits per heavy atom. The third-order valence-electron chi connectivity index (χ3n) is 5.63. The molecule has 0 aliphatic carbocycles. The summed E-state index contributed by atoms with van der Waals surface area (Å²) in [6, 6.07) is 10.8. The molecule has 0 aromatic heterocycles. The summed E-state index contributed by atoms with van der Waals surface area (Å²) < 4.78 is 39.3. The SMILES string of the molecule is CCN1CC[C@@H]2Nc3ccc(S(=O)(=O)c4cccc(F)c4)cc3[C@@H]2CC1. The van der Waals surface area contributed by atoms with Crippen LogP contribution >= 0.6 is 0 Å². The first-order valence-corrected chi connectivity index (χ1v) is 10.6. The molecule has 2 aliphatic rings. The van der Waals surface area contributed by atoms with Gasteiger partial charge in [0, 0.05) is 24.2 Å². The van der Waals surface area contributed by atoms with Gasteiger partial charge in [-0.2, -0.15) is 0 Å². The van der Waals surface area contributed by atoms with Gasteiger partial charge in [-0.25, -0.2) is 12.8 Å². The summed E-state index contributed by atoms with van der Waals surface area (Å²) in [7, 11) is -3.72. The van der Waals surface area contributed by atoms with E-state index in [0.29, 0.717) is 12.0 Å². The van der Waals surface area contributed by atoms with E-state index in [1.165, 1.54) is 18.2 Å². The van der Waals surface area contributed by atoms with Gasteiger partial charge in [0.1, 0.15) is 5.82 Å². The van der Waals surface area contributed by atoms with E-state index >= 15 is 0 Å². The molecule has 0 bridgehead atoms. The molecule has 0 radical (unpaired) electrons. The van der Waals surface area contributed by atoms with Crippen molar-refractivity contribution in [2.24, 2.45) is 0 Å². The predicted molar refractivity (Wildman–Crippen MR) is 99.8 cm³/mol. The monoisotopic (exact) mass is 374 g/mol. The average Bonchev–Trinajstić information content (AvgIpc) is 2.85. The van der Waals surface area contributed by atoms with Gasteiger partial charge in [-0.3, -0.25) is 0 Å². The van der Waals surface area contributed by atoms with Crippen LogP contribution in [0.25, 0.3) is 0 Å². The minimum Gasteiger partial charge on any atom is -0.381 e. The molecule has 2 aromatic carbocycles. The van der Waals surface area contributed by atoms with Gasteiger partial charge in [0.15, 0.2) is 0 Å². The molecule has 1 N–H and O–H groups in total. The van der Waals surface area contributed by atoms with Crippen molar-refractivity contribution in [1.29, 1.82) is 0 Å². The molecule has 138 valence electrons. The zero-order valence-electron chi connectivity index (χ0n) is 14.8. The van der Waals surface area contributed by atoms with Crippen LogP contribution in [0.2, 0.25) is 0 Å². The number of rotatable bonds is 3. The van der Waals surface area contributed by atoms with Gasteiger partial charge >= 0.3 is 0 Å². The third kappa shape index (κ3) is 3.01. The van der Waals surface area contributed by atoms with Crippen LogP contribution in [0.5, 0.6) is 0 Å². The van der Waals surface area contributed by atoms with Crippen molar-refractivity contribution in [3.63, 3.8) is 0 Å². The number of likely N-dealkylation sites (tertiary alicyclic amines) is 1. The second kappa shape index (κ2) is 6.67. The van der Waals surface area contributed by atoms with E-state index in [2.05, 4.69) is 17.1 Å². The summed E-state index contributed by atoms with van der Waals surface area (Å²) in [5.74, 6) is -0.221. The van der Waals surface area contributed by atoms with Crippen molar-refractivity contribution in [2.75, 3.05) is 25.0 Å². The van der Waals surface area contributed by atoms with Gasteiger partial charge in [0.25, 0.3) is 0 Å². The molecule has 6 heteroatoms. The number of benzene rings is 2. The van der Waals surface area contributed by atoms with Gasteiger partial charge in [0.2, 0.25) is 9.84 Å². The zero-order chi connectivity index (χ0) is 18.3. The Kier molecular flexibility index (Phi) is 4.49. The molecule has 0 spiro atoms. The smallest absolute Gasteiger partial charge is 0.206 e. The van der Waals surface area contributed by atoms with Gasteiger partial charge in [0.05, 0.1) is 9.79 Å². The molecule has 0 amide bonds. The Labute approximate surface area is 153 Å². The fraction of sp³-hybridized carbons (Fsp3) is 0.400. The highest BCUT2D eigenvalue weighted by Crippen LogP contribution is 2.42. The lowest BCUT2D eigenvalue weighted by Crippen LogP contribution is -2.25. The van der Waals surface area contributed by atoms with E-state index < -0.39 is 15.7 Å². The molecule has 2 heterocycles. The van der Waals surface area contributed by atoms with Crippen LogP contribution in [0.4, 0.5) is 10.1 Å². The van der Waals surface area contributed by atoms with Crippen LogP contribution in [-0.4, -0.2) is 39.0 Å². The van der Waals surface area contributed by atoms with Gasteiger partial charge < -0.3 is 10.2 Å². The Hall–Kier alpha value is -1.92. The molecule has 1 fully saturated rings. The normalized spacial score (nSPS) is 23.0. The minimum atomic E-state index is -3.72. The number of sulfone groups is 1. The quantitative estimate of drug-likeness (QED) is 0.891. The molecule has 0 unspecified atom stereocenters. The second-order valence-electron chi connectivity index (χ2n) is 7.08. The van der Waals surface area contributed by atoms with E-state index in [0.717, 1.165) is 49.8 Å². The third-order valence-corrected chi connectivity index (χ3v) is 7.37. The van der Waals surface area contributed by atoms with Crippen molar-refractivity contribution in [1.82, 2.24) is 4.90 Å². The number of hydrogen-bond acceptors (Lipinski definition) is 4. The molecule has 2 atom stereocenters. The first-order chi connectivity index (χ1) is 12.5. The minimum absolute atomic E-state index is 0.00187. The van der Waals surface area contributed by atoms with Crippen LogP contribution in [-0.2, 0) is 9.84 Å². The van der Waals surface area contributed by atoms with Crippen molar-refractivity contribution in [2.45, 2.75) is 41.5 Å². The summed E-state index contributed by atoms with van der Waals surface area (Å²) in [5.41, 5.74) is 2.11. The number of halogens is 1. The first kappa shape index (κ1) is 17.5. The predicted octanol–water partition coefficient (Wildman–Crippen LogP) is 3.65. The number of nitrogens with zero attached hydrogens (tertiary/aromatic N) is 1. The number of anilines is 1. The summed E-state index contributed by atoms with van der Waals surface area (Å²) in [6.45, 7) is 5.30. The number of nitrogens with one attached hydrogen (secondary N) is 1. The maximum absolute atomic E-state index is 13.5. The number of fused-ring (bicyclic) bond motifs is 3. The van der Waals surface area contributed by atoms with Crippen molar-refractivity contribution < 1.29 is 12.8 Å². The molecule has 4 rings (SSSR count). The fourth-order valence-electron chi connectivity index (χ4n) is 4.13. The molecule has 2 aromatic rings. The van der Waals surface area contributed by atoms with E-state index in [4.69, 9.17) is 0 Å². The van der Waals surface area contributed by atoms with Gasteiger partial charge in [-0.15, -0.1) is 0 Å². The van der Waals surface area contributed by atoms with Gasteiger partial charge in [-0.1, -0.05) is 13.0 Å². The summed E-state index contributed by atoms with van der Waals surface area (Å²) in [5, 5.41) is 3.57. The topological polar surface area (TPSA) is 49.4 Å². The lowest BCUT2D eigenvalue weighted by molar-refractivity contribution is 0.298. The average molecular weight is 374 g/mol.